The Morgan fingerprint density at radius 1 is 1.43 bits per heavy atom. The van der Waals surface area contributed by atoms with Gasteiger partial charge < -0.3 is 30.6 Å². The number of hydrogen-bond acceptors (Lipinski definition) is 6. The van der Waals surface area contributed by atoms with Gasteiger partial charge in [-0.2, -0.15) is 0 Å². The number of anilines is 1. The number of carbonyl (C=O) groups excluding carboxylic acids is 1. The van der Waals surface area contributed by atoms with E-state index in [1.54, 1.807) is 7.11 Å². The summed E-state index contributed by atoms with van der Waals surface area (Å²) in [5, 5.41) is 6.50. The smallest absolute Gasteiger partial charge is 0.255 e. The Balaban J connectivity index is 1.86. The first-order valence-corrected chi connectivity index (χ1v) is 7.91. The summed E-state index contributed by atoms with van der Waals surface area (Å²) < 4.78 is 16.5. The van der Waals surface area contributed by atoms with Gasteiger partial charge in [-0.1, -0.05) is 11.6 Å². The number of benzene rings is 1. The van der Waals surface area contributed by atoms with Crippen LogP contribution in [0, 0.1) is 0 Å². The first kappa shape index (κ1) is 16.2. The van der Waals surface area contributed by atoms with E-state index in [2.05, 4.69) is 10.6 Å². The van der Waals surface area contributed by atoms with Crippen molar-refractivity contribution < 1.29 is 19.0 Å². The van der Waals surface area contributed by atoms with Gasteiger partial charge in [0.05, 0.1) is 28.4 Å². The fraction of sp³-hybridized carbons (Fsp3) is 0.533. The fourth-order valence-corrected chi connectivity index (χ4v) is 3.05. The molecule has 2 heterocycles. The molecule has 0 spiro atoms. The summed E-state index contributed by atoms with van der Waals surface area (Å²) in [4.78, 5) is 12.7. The van der Waals surface area contributed by atoms with E-state index in [0.717, 1.165) is 13.0 Å². The number of carbonyl (C=O) groups is 1. The van der Waals surface area contributed by atoms with Crippen molar-refractivity contribution in [3.8, 4) is 11.5 Å². The van der Waals surface area contributed by atoms with Crippen LogP contribution in [0.3, 0.4) is 0 Å². The van der Waals surface area contributed by atoms with Crippen LogP contribution in [0.2, 0.25) is 5.02 Å². The first-order valence-electron chi connectivity index (χ1n) is 7.53. The van der Waals surface area contributed by atoms with E-state index in [0.29, 0.717) is 36.8 Å². The van der Waals surface area contributed by atoms with Crippen LogP contribution >= 0.6 is 11.6 Å². The molecule has 1 aromatic carbocycles. The third-order valence-corrected chi connectivity index (χ3v) is 4.40. The Hall–Kier alpha value is -1.70. The van der Waals surface area contributed by atoms with Crippen LogP contribution in [0.4, 0.5) is 5.69 Å². The minimum Gasteiger partial charge on any atom is -0.485 e. The van der Waals surface area contributed by atoms with Gasteiger partial charge in [-0.3, -0.25) is 4.79 Å². The molecule has 1 amide bonds. The number of nitrogens with two attached hydrogens (primary N) is 1. The van der Waals surface area contributed by atoms with Gasteiger partial charge in [-0.15, -0.1) is 0 Å². The van der Waals surface area contributed by atoms with Crippen molar-refractivity contribution in [2.75, 3.05) is 39.1 Å². The number of rotatable bonds is 3. The summed E-state index contributed by atoms with van der Waals surface area (Å²) in [7, 11) is 1.63. The highest BCUT2D eigenvalue weighted by Gasteiger charge is 2.30. The highest BCUT2D eigenvalue weighted by molar-refractivity contribution is 6.34. The SMILES string of the molecule is COC1CNCCC1NC(=O)c1cc(Cl)c(N)c2c1OCCO2. The summed E-state index contributed by atoms with van der Waals surface area (Å²) in [5.74, 6) is 0.406. The second-order valence-electron chi connectivity index (χ2n) is 5.52. The van der Waals surface area contributed by atoms with Crippen molar-refractivity contribution in [1.29, 1.82) is 0 Å². The summed E-state index contributed by atoms with van der Waals surface area (Å²) in [6, 6.07) is 1.44. The monoisotopic (exact) mass is 341 g/mol. The normalized spacial score (nSPS) is 23.4. The second kappa shape index (κ2) is 6.82. The predicted molar refractivity (Wildman–Crippen MR) is 86.4 cm³/mol. The lowest BCUT2D eigenvalue weighted by atomic mass is 10.0. The van der Waals surface area contributed by atoms with Gasteiger partial charge in [0.1, 0.15) is 13.2 Å². The van der Waals surface area contributed by atoms with Gasteiger partial charge >= 0.3 is 0 Å². The van der Waals surface area contributed by atoms with Crippen molar-refractivity contribution in [2.24, 2.45) is 0 Å². The minimum atomic E-state index is -0.275. The molecule has 8 heteroatoms. The molecular weight excluding hydrogens is 322 g/mol. The Kier molecular flexibility index (Phi) is 4.79. The maximum atomic E-state index is 12.7. The summed E-state index contributed by atoms with van der Waals surface area (Å²) >= 11 is 6.12. The number of methoxy groups -OCH3 is 1. The van der Waals surface area contributed by atoms with Crippen molar-refractivity contribution in [1.82, 2.24) is 10.6 Å². The lowest BCUT2D eigenvalue weighted by Crippen LogP contribution is -2.53. The highest BCUT2D eigenvalue weighted by Crippen LogP contribution is 2.43. The molecule has 1 saturated heterocycles. The topological polar surface area (TPSA) is 94.8 Å². The zero-order chi connectivity index (χ0) is 16.4. The quantitative estimate of drug-likeness (QED) is 0.704. The van der Waals surface area contributed by atoms with Gasteiger partial charge in [-0.25, -0.2) is 0 Å². The molecule has 2 unspecified atom stereocenters. The number of amides is 1. The average molecular weight is 342 g/mol. The zero-order valence-electron chi connectivity index (χ0n) is 12.9. The Morgan fingerprint density at radius 3 is 2.91 bits per heavy atom. The van der Waals surface area contributed by atoms with E-state index in [1.807, 2.05) is 0 Å². The Morgan fingerprint density at radius 2 is 2.17 bits per heavy atom. The van der Waals surface area contributed by atoms with Crippen molar-refractivity contribution in [3.05, 3.63) is 16.7 Å². The third-order valence-electron chi connectivity index (χ3n) is 4.09. The van der Waals surface area contributed by atoms with E-state index in [9.17, 15) is 4.79 Å². The number of hydrogen-bond donors (Lipinski definition) is 3. The number of fused-ring (bicyclic) bond motifs is 1. The van der Waals surface area contributed by atoms with Gasteiger partial charge in [0.2, 0.25) is 0 Å². The van der Waals surface area contributed by atoms with E-state index in [-0.39, 0.29) is 28.8 Å². The lowest BCUT2D eigenvalue weighted by Gasteiger charge is -2.32. The van der Waals surface area contributed by atoms with Crippen LogP contribution in [0.1, 0.15) is 16.8 Å². The molecular formula is C15H20ClN3O4. The average Bonchev–Trinajstić information content (AvgIpc) is 2.58. The molecule has 126 valence electrons. The number of piperidine rings is 1. The zero-order valence-corrected chi connectivity index (χ0v) is 13.6. The summed E-state index contributed by atoms with van der Waals surface area (Å²) in [6.07, 6.45) is 0.705. The van der Waals surface area contributed by atoms with Crippen LogP contribution < -0.4 is 25.8 Å². The molecule has 2 aliphatic rings. The van der Waals surface area contributed by atoms with Gasteiger partial charge in [0.15, 0.2) is 11.5 Å². The fourth-order valence-electron chi connectivity index (χ4n) is 2.85. The van der Waals surface area contributed by atoms with Crippen LogP contribution in [-0.4, -0.2) is 51.5 Å². The van der Waals surface area contributed by atoms with Gasteiger partial charge in [-0.05, 0) is 19.0 Å². The van der Waals surface area contributed by atoms with E-state index in [4.69, 9.17) is 31.5 Å². The number of nitrogen functional groups attached to an aromatic ring is 1. The molecule has 2 aliphatic heterocycles. The van der Waals surface area contributed by atoms with E-state index in [1.165, 1.54) is 6.07 Å². The molecule has 2 atom stereocenters. The maximum absolute atomic E-state index is 12.7. The van der Waals surface area contributed by atoms with Crippen molar-refractivity contribution in [3.63, 3.8) is 0 Å². The van der Waals surface area contributed by atoms with E-state index < -0.39 is 0 Å². The van der Waals surface area contributed by atoms with Crippen molar-refractivity contribution >= 4 is 23.2 Å². The molecule has 1 aromatic rings. The molecule has 0 saturated carbocycles. The minimum absolute atomic E-state index is 0.0785. The second-order valence-corrected chi connectivity index (χ2v) is 5.93. The third kappa shape index (κ3) is 3.17. The lowest BCUT2D eigenvalue weighted by molar-refractivity contribution is 0.0474. The first-order chi connectivity index (χ1) is 11.1. The van der Waals surface area contributed by atoms with Crippen molar-refractivity contribution in [2.45, 2.75) is 18.6 Å². The van der Waals surface area contributed by atoms with Gasteiger partial charge in [0, 0.05) is 13.7 Å². The van der Waals surface area contributed by atoms with Gasteiger partial charge in [0.25, 0.3) is 5.91 Å². The number of ether oxygens (including phenoxy) is 3. The molecule has 4 N–H and O–H groups in total. The Labute approximate surface area is 139 Å². The molecule has 23 heavy (non-hydrogen) atoms. The van der Waals surface area contributed by atoms with Crippen LogP contribution in [0.5, 0.6) is 11.5 Å². The molecule has 3 rings (SSSR count). The number of nitrogens with one attached hydrogen (secondary N) is 2. The molecule has 1 fully saturated rings. The maximum Gasteiger partial charge on any atom is 0.255 e. The van der Waals surface area contributed by atoms with Crippen LogP contribution in [0.15, 0.2) is 6.07 Å². The van der Waals surface area contributed by atoms with Crippen LogP contribution in [-0.2, 0) is 4.74 Å². The number of halogens is 1. The summed E-state index contributed by atoms with van der Waals surface area (Å²) in [5.41, 5.74) is 6.52. The Bertz CT molecular complexity index is 611. The van der Waals surface area contributed by atoms with Crippen LogP contribution in [0.25, 0.3) is 0 Å². The van der Waals surface area contributed by atoms with E-state index >= 15 is 0 Å². The molecule has 7 nitrogen and oxygen atoms in total. The molecule has 0 bridgehead atoms. The molecule has 0 aliphatic carbocycles. The molecule has 0 radical (unpaired) electrons. The predicted octanol–water partition coefficient (Wildman–Crippen LogP) is 0.800. The molecule has 0 aromatic heterocycles. The summed E-state index contributed by atoms with van der Waals surface area (Å²) in [6.45, 7) is 2.26. The standard InChI is InChI=1S/C15H20ClN3O4/c1-21-11-7-18-3-2-10(11)19-15(20)8-6-9(16)12(17)14-13(8)22-4-5-23-14/h6,10-11,18H,2-5,7,17H2,1H3,(H,19,20). The highest BCUT2D eigenvalue weighted by atomic mass is 35.5. The largest absolute Gasteiger partial charge is 0.485 e.